The van der Waals surface area contributed by atoms with Gasteiger partial charge in [-0.25, -0.2) is 0 Å². The molecule has 13 heavy (non-hydrogen) atoms. The van der Waals surface area contributed by atoms with Crippen LogP contribution in [0.25, 0.3) is 0 Å². The second-order valence-electron chi connectivity index (χ2n) is 4.14. The minimum Gasteiger partial charge on any atom is -0.391 e. The summed E-state index contributed by atoms with van der Waals surface area (Å²) < 4.78 is 0. The van der Waals surface area contributed by atoms with E-state index in [-0.39, 0.29) is 24.1 Å². The second-order valence-corrected chi connectivity index (χ2v) is 4.14. The molecule has 3 N–H and O–H groups in total. The molecule has 1 amide bonds. The minimum absolute atomic E-state index is 0.0285. The summed E-state index contributed by atoms with van der Waals surface area (Å²) in [4.78, 5) is 10.8. The first kappa shape index (κ1) is 8.97. The molecule has 4 unspecified atom stereocenters. The van der Waals surface area contributed by atoms with Gasteiger partial charge in [-0.15, -0.1) is 0 Å². The number of amides is 1. The summed E-state index contributed by atoms with van der Waals surface area (Å²) in [7, 11) is 0. The predicted octanol–water partition coefficient (Wildman–Crippen LogP) is -0.624. The molecule has 4 heteroatoms. The Morgan fingerprint density at radius 2 is 2.23 bits per heavy atom. The van der Waals surface area contributed by atoms with E-state index in [0.29, 0.717) is 6.04 Å². The highest BCUT2D eigenvalue weighted by atomic mass is 16.3. The first-order valence-corrected chi connectivity index (χ1v) is 4.86. The third kappa shape index (κ3) is 1.84. The summed E-state index contributed by atoms with van der Waals surface area (Å²) in [6, 6.07) is 0.840. The van der Waals surface area contributed by atoms with E-state index >= 15 is 0 Å². The highest BCUT2D eigenvalue weighted by molar-refractivity contribution is 5.73. The molecule has 2 saturated heterocycles. The van der Waals surface area contributed by atoms with Crippen LogP contribution in [0.3, 0.4) is 0 Å². The third-order valence-corrected chi connectivity index (χ3v) is 2.96. The maximum Gasteiger partial charge on any atom is 0.217 e. The zero-order chi connectivity index (χ0) is 9.42. The maximum atomic E-state index is 10.8. The Kier molecular flexibility index (Phi) is 2.26. The Morgan fingerprint density at radius 3 is 2.85 bits per heavy atom. The monoisotopic (exact) mass is 184 g/mol. The maximum absolute atomic E-state index is 10.8. The van der Waals surface area contributed by atoms with Gasteiger partial charge in [0, 0.05) is 25.0 Å². The highest BCUT2D eigenvalue weighted by Gasteiger charge is 2.39. The minimum atomic E-state index is -0.219. The van der Waals surface area contributed by atoms with E-state index in [9.17, 15) is 9.90 Å². The van der Waals surface area contributed by atoms with Crippen molar-refractivity contribution in [2.45, 2.75) is 50.4 Å². The van der Waals surface area contributed by atoms with Crippen molar-refractivity contribution in [2.75, 3.05) is 0 Å². The van der Waals surface area contributed by atoms with Crippen molar-refractivity contribution >= 4 is 5.91 Å². The van der Waals surface area contributed by atoms with Crippen LogP contribution in [0.15, 0.2) is 0 Å². The fourth-order valence-corrected chi connectivity index (χ4v) is 2.48. The largest absolute Gasteiger partial charge is 0.391 e. The van der Waals surface area contributed by atoms with Crippen molar-refractivity contribution in [3.63, 3.8) is 0 Å². The van der Waals surface area contributed by atoms with Crippen molar-refractivity contribution in [1.29, 1.82) is 0 Å². The van der Waals surface area contributed by atoms with Gasteiger partial charge in [0.2, 0.25) is 5.91 Å². The standard InChI is InChI=1S/C9H16N2O2/c1-5(12)10-6-2-7-4-9(13)8(3-6)11-7/h6-9,11,13H,2-4H2,1H3,(H,10,12). The Balaban J connectivity index is 1.93. The van der Waals surface area contributed by atoms with Crippen LogP contribution in [-0.2, 0) is 4.79 Å². The molecule has 0 aromatic heterocycles. The van der Waals surface area contributed by atoms with Crippen LogP contribution in [0.5, 0.6) is 0 Å². The van der Waals surface area contributed by atoms with Gasteiger partial charge in [-0.05, 0) is 19.3 Å². The van der Waals surface area contributed by atoms with Gasteiger partial charge >= 0.3 is 0 Å². The van der Waals surface area contributed by atoms with Gasteiger partial charge < -0.3 is 15.7 Å². The van der Waals surface area contributed by atoms with E-state index in [1.54, 1.807) is 6.92 Å². The molecule has 0 aromatic rings. The number of hydrogen-bond acceptors (Lipinski definition) is 3. The number of carbonyl (C=O) groups excluding carboxylic acids is 1. The second kappa shape index (κ2) is 3.27. The summed E-state index contributed by atoms with van der Waals surface area (Å²) in [5, 5.41) is 15.8. The number of aliphatic hydroxyl groups excluding tert-OH is 1. The molecule has 0 aliphatic carbocycles. The van der Waals surface area contributed by atoms with Gasteiger partial charge in [-0.3, -0.25) is 4.79 Å². The average molecular weight is 184 g/mol. The average Bonchev–Trinajstić information content (AvgIpc) is 2.25. The van der Waals surface area contributed by atoms with Crippen molar-refractivity contribution in [1.82, 2.24) is 10.6 Å². The van der Waals surface area contributed by atoms with Gasteiger partial charge in [-0.2, -0.15) is 0 Å². The van der Waals surface area contributed by atoms with Crippen molar-refractivity contribution in [2.24, 2.45) is 0 Å². The first-order chi connectivity index (χ1) is 6.15. The summed E-state index contributed by atoms with van der Waals surface area (Å²) in [5.41, 5.74) is 0. The summed E-state index contributed by atoms with van der Waals surface area (Å²) in [5.74, 6) is 0.0285. The van der Waals surface area contributed by atoms with E-state index in [1.807, 2.05) is 0 Å². The fraction of sp³-hybridized carbons (Fsp3) is 0.889. The van der Waals surface area contributed by atoms with Crippen molar-refractivity contribution in [3.8, 4) is 0 Å². The molecule has 4 nitrogen and oxygen atoms in total. The van der Waals surface area contributed by atoms with Crippen LogP contribution in [-0.4, -0.2) is 35.2 Å². The number of hydrogen-bond donors (Lipinski definition) is 3. The quantitative estimate of drug-likeness (QED) is 0.509. The predicted molar refractivity (Wildman–Crippen MR) is 48.2 cm³/mol. The van der Waals surface area contributed by atoms with Gasteiger partial charge in [0.25, 0.3) is 0 Å². The number of piperidine rings is 1. The first-order valence-electron chi connectivity index (χ1n) is 4.86. The molecule has 2 aliphatic heterocycles. The van der Waals surface area contributed by atoms with E-state index in [0.717, 1.165) is 19.3 Å². The molecule has 2 aliphatic rings. The van der Waals surface area contributed by atoms with Crippen LogP contribution >= 0.6 is 0 Å². The van der Waals surface area contributed by atoms with E-state index in [2.05, 4.69) is 10.6 Å². The molecular weight excluding hydrogens is 168 g/mol. The molecule has 2 rings (SSSR count). The smallest absolute Gasteiger partial charge is 0.217 e. The highest BCUT2D eigenvalue weighted by Crippen LogP contribution is 2.27. The van der Waals surface area contributed by atoms with Crippen molar-refractivity contribution in [3.05, 3.63) is 0 Å². The molecule has 2 bridgehead atoms. The zero-order valence-electron chi connectivity index (χ0n) is 7.79. The lowest BCUT2D eigenvalue weighted by molar-refractivity contribution is -0.119. The normalized spacial score (nSPS) is 43.2. The Labute approximate surface area is 77.7 Å². The molecule has 2 heterocycles. The fourth-order valence-electron chi connectivity index (χ4n) is 2.48. The van der Waals surface area contributed by atoms with Gasteiger partial charge in [0.1, 0.15) is 0 Å². The molecule has 0 radical (unpaired) electrons. The summed E-state index contributed by atoms with van der Waals surface area (Å²) in [6.07, 6.45) is 2.43. The van der Waals surface area contributed by atoms with Gasteiger partial charge in [0.05, 0.1) is 6.10 Å². The van der Waals surface area contributed by atoms with Crippen LogP contribution in [0, 0.1) is 0 Å². The molecule has 0 saturated carbocycles. The molecule has 2 fully saturated rings. The van der Waals surface area contributed by atoms with Crippen LogP contribution in [0.1, 0.15) is 26.2 Å². The van der Waals surface area contributed by atoms with Crippen LogP contribution in [0.2, 0.25) is 0 Å². The Bertz CT molecular complexity index is 218. The molecule has 4 atom stereocenters. The topological polar surface area (TPSA) is 61.4 Å². The molecule has 74 valence electrons. The third-order valence-electron chi connectivity index (χ3n) is 2.96. The lowest BCUT2D eigenvalue weighted by Gasteiger charge is -2.29. The SMILES string of the molecule is CC(=O)NC1CC2CC(O)C(C1)N2. The molecular formula is C9H16N2O2. The summed E-state index contributed by atoms with van der Waals surface area (Å²) in [6.45, 7) is 1.54. The van der Waals surface area contributed by atoms with E-state index in [4.69, 9.17) is 0 Å². The number of carbonyl (C=O) groups is 1. The lowest BCUT2D eigenvalue weighted by Crippen LogP contribution is -2.48. The molecule has 0 aromatic carbocycles. The number of aliphatic hydroxyl groups is 1. The van der Waals surface area contributed by atoms with E-state index in [1.165, 1.54) is 0 Å². The summed E-state index contributed by atoms with van der Waals surface area (Å²) >= 11 is 0. The van der Waals surface area contributed by atoms with Gasteiger partial charge in [-0.1, -0.05) is 0 Å². The number of fused-ring (bicyclic) bond motifs is 2. The van der Waals surface area contributed by atoms with Crippen molar-refractivity contribution < 1.29 is 9.90 Å². The number of rotatable bonds is 1. The molecule has 0 spiro atoms. The zero-order valence-corrected chi connectivity index (χ0v) is 7.79. The van der Waals surface area contributed by atoms with Crippen LogP contribution in [0.4, 0.5) is 0 Å². The van der Waals surface area contributed by atoms with Crippen LogP contribution < -0.4 is 10.6 Å². The Hall–Kier alpha value is -0.610. The van der Waals surface area contributed by atoms with E-state index < -0.39 is 0 Å². The Morgan fingerprint density at radius 1 is 1.46 bits per heavy atom. The van der Waals surface area contributed by atoms with Gasteiger partial charge in [0.15, 0.2) is 0 Å². The lowest BCUT2D eigenvalue weighted by atomic mass is 10.00. The number of nitrogens with one attached hydrogen (secondary N) is 2.